The molecule has 1 aromatic rings. The molecule has 0 unspecified atom stereocenters. The van der Waals surface area contributed by atoms with E-state index in [1.165, 1.54) is 0 Å². The molecule has 0 spiro atoms. The highest BCUT2D eigenvalue weighted by Gasteiger charge is 2.52. The van der Waals surface area contributed by atoms with Gasteiger partial charge in [-0.25, -0.2) is 4.39 Å². The van der Waals surface area contributed by atoms with Gasteiger partial charge >= 0.3 is 5.92 Å². The summed E-state index contributed by atoms with van der Waals surface area (Å²) in [5.41, 5.74) is -0.131. The van der Waals surface area contributed by atoms with Gasteiger partial charge in [-0.15, -0.1) is 0 Å². The van der Waals surface area contributed by atoms with Crippen molar-refractivity contribution in [2.24, 2.45) is 5.92 Å². The average Bonchev–Trinajstić information content (AvgIpc) is 3.01. The smallest absolute Gasteiger partial charge is 0.287 e. The molecule has 0 aromatic heterocycles. The maximum atomic E-state index is 13.3. The van der Waals surface area contributed by atoms with Gasteiger partial charge in [0.15, 0.2) is 0 Å². The second-order valence-electron chi connectivity index (χ2n) is 3.73. The fraction of sp³-hybridized carbons (Fsp3) is 0.364. The monoisotopic (exact) mass is 214 g/mol. The molecule has 4 heteroatoms. The van der Waals surface area contributed by atoms with E-state index in [0.717, 1.165) is 24.3 Å². The third kappa shape index (κ3) is 1.89. The zero-order valence-electron chi connectivity index (χ0n) is 7.84. The lowest BCUT2D eigenvalue weighted by molar-refractivity contribution is -0.00443. The van der Waals surface area contributed by atoms with Crippen molar-refractivity contribution in [3.8, 4) is 0 Å². The van der Waals surface area contributed by atoms with E-state index in [0.29, 0.717) is 12.8 Å². The lowest BCUT2D eigenvalue weighted by Gasteiger charge is -2.13. The summed E-state index contributed by atoms with van der Waals surface area (Å²) in [5.74, 6) is -5.86. The van der Waals surface area contributed by atoms with E-state index < -0.39 is 23.4 Å². The van der Waals surface area contributed by atoms with Crippen LogP contribution >= 0.6 is 0 Å². The quantitative estimate of drug-likeness (QED) is 0.707. The molecule has 80 valence electrons. The Balaban J connectivity index is 2.23. The minimum absolute atomic E-state index is 0.131. The highest BCUT2D eigenvalue weighted by atomic mass is 19.3. The topological polar surface area (TPSA) is 17.1 Å². The maximum absolute atomic E-state index is 13.3. The zero-order chi connectivity index (χ0) is 11.1. The van der Waals surface area contributed by atoms with Crippen LogP contribution < -0.4 is 0 Å². The van der Waals surface area contributed by atoms with Crippen LogP contribution in [0, 0.1) is 11.7 Å². The maximum Gasteiger partial charge on any atom is 0.312 e. The lowest BCUT2D eigenvalue weighted by atomic mass is 10.0. The Morgan fingerprint density at radius 3 is 2.20 bits per heavy atom. The molecule has 0 heterocycles. The van der Waals surface area contributed by atoms with E-state index >= 15 is 0 Å². The summed E-state index contributed by atoms with van der Waals surface area (Å²) in [6.07, 6.45) is 0.778. The molecule has 0 amide bonds. The SMILES string of the molecule is O=C(c1ccc(F)cc1)C(F)(F)C1CC1. The highest BCUT2D eigenvalue weighted by Crippen LogP contribution is 2.44. The summed E-state index contributed by atoms with van der Waals surface area (Å²) >= 11 is 0. The largest absolute Gasteiger partial charge is 0.312 e. The molecule has 1 aromatic carbocycles. The van der Waals surface area contributed by atoms with Gasteiger partial charge in [-0.05, 0) is 37.1 Å². The molecule has 1 fully saturated rings. The van der Waals surface area contributed by atoms with Crippen LogP contribution in [0.25, 0.3) is 0 Å². The van der Waals surface area contributed by atoms with Crippen molar-refractivity contribution in [3.05, 3.63) is 35.6 Å². The first-order valence-corrected chi connectivity index (χ1v) is 4.70. The van der Waals surface area contributed by atoms with Crippen LogP contribution in [-0.2, 0) is 0 Å². The number of ketones is 1. The van der Waals surface area contributed by atoms with Crippen LogP contribution in [0.4, 0.5) is 13.2 Å². The Morgan fingerprint density at radius 2 is 1.73 bits per heavy atom. The van der Waals surface area contributed by atoms with Gasteiger partial charge in [-0.2, -0.15) is 8.78 Å². The van der Waals surface area contributed by atoms with Crippen LogP contribution in [0.3, 0.4) is 0 Å². The molecule has 15 heavy (non-hydrogen) atoms. The number of carbonyl (C=O) groups is 1. The fourth-order valence-electron chi connectivity index (χ4n) is 1.42. The molecule has 0 N–H and O–H groups in total. The van der Waals surface area contributed by atoms with Crippen molar-refractivity contribution in [1.29, 1.82) is 0 Å². The van der Waals surface area contributed by atoms with Gasteiger partial charge in [0.1, 0.15) is 5.82 Å². The van der Waals surface area contributed by atoms with Gasteiger partial charge in [0.2, 0.25) is 5.78 Å². The number of rotatable bonds is 3. The molecule has 1 saturated carbocycles. The molecule has 2 rings (SSSR count). The molecule has 1 nitrogen and oxygen atoms in total. The number of benzene rings is 1. The minimum Gasteiger partial charge on any atom is -0.287 e. The number of hydrogen-bond donors (Lipinski definition) is 0. The first-order valence-electron chi connectivity index (χ1n) is 4.70. The van der Waals surface area contributed by atoms with Crippen molar-refractivity contribution in [3.63, 3.8) is 0 Å². The number of carbonyl (C=O) groups excluding carboxylic acids is 1. The highest BCUT2D eigenvalue weighted by molar-refractivity contribution is 6.01. The minimum atomic E-state index is -3.29. The summed E-state index contributed by atoms with van der Waals surface area (Å²) < 4.78 is 39.2. The van der Waals surface area contributed by atoms with E-state index in [1.807, 2.05) is 0 Å². The van der Waals surface area contributed by atoms with E-state index in [1.54, 1.807) is 0 Å². The van der Waals surface area contributed by atoms with E-state index in [9.17, 15) is 18.0 Å². The standard InChI is InChI=1S/C11H9F3O/c12-9-5-1-7(2-6-9)10(15)11(13,14)8-3-4-8/h1-2,5-6,8H,3-4H2. The molecular formula is C11H9F3O. The molecule has 0 aliphatic heterocycles. The second kappa shape index (κ2) is 3.36. The van der Waals surface area contributed by atoms with Gasteiger partial charge in [0.25, 0.3) is 0 Å². The van der Waals surface area contributed by atoms with Crippen LogP contribution in [0.15, 0.2) is 24.3 Å². The van der Waals surface area contributed by atoms with Crippen LogP contribution in [0.1, 0.15) is 23.2 Å². The molecule has 0 bridgehead atoms. The van der Waals surface area contributed by atoms with Crippen molar-refractivity contribution in [2.45, 2.75) is 18.8 Å². The summed E-state index contributed by atoms with van der Waals surface area (Å²) in [6.45, 7) is 0. The van der Waals surface area contributed by atoms with Crippen LogP contribution in [-0.4, -0.2) is 11.7 Å². The molecule has 0 radical (unpaired) electrons. The van der Waals surface area contributed by atoms with Gasteiger partial charge in [0.05, 0.1) is 0 Å². The van der Waals surface area contributed by atoms with E-state index in [2.05, 4.69) is 0 Å². The number of Topliss-reactive ketones (excluding diaryl/α,β-unsaturated/α-hetero) is 1. The average molecular weight is 214 g/mol. The van der Waals surface area contributed by atoms with Crippen molar-refractivity contribution in [2.75, 3.05) is 0 Å². The molecule has 0 saturated heterocycles. The fourth-order valence-corrected chi connectivity index (χ4v) is 1.42. The molecule has 1 aliphatic rings. The Bertz CT molecular complexity index is 379. The van der Waals surface area contributed by atoms with Crippen LogP contribution in [0.5, 0.6) is 0 Å². The van der Waals surface area contributed by atoms with E-state index in [-0.39, 0.29) is 5.56 Å². The van der Waals surface area contributed by atoms with Crippen LogP contribution in [0.2, 0.25) is 0 Å². The lowest BCUT2D eigenvalue weighted by Crippen LogP contribution is -2.31. The third-order valence-corrected chi connectivity index (χ3v) is 2.50. The normalized spacial score (nSPS) is 16.5. The van der Waals surface area contributed by atoms with Gasteiger partial charge in [-0.1, -0.05) is 0 Å². The van der Waals surface area contributed by atoms with Gasteiger partial charge < -0.3 is 0 Å². The predicted molar refractivity (Wildman–Crippen MR) is 48.4 cm³/mol. The van der Waals surface area contributed by atoms with Crippen molar-refractivity contribution in [1.82, 2.24) is 0 Å². The van der Waals surface area contributed by atoms with E-state index in [4.69, 9.17) is 0 Å². The third-order valence-electron chi connectivity index (χ3n) is 2.50. The summed E-state index contributed by atoms with van der Waals surface area (Å²) in [6, 6.07) is 4.20. The summed E-state index contributed by atoms with van der Waals surface area (Å²) in [7, 11) is 0. The molecular weight excluding hydrogens is 205 g/mol. The summed E-state index contributed by atoms with van der Waals surface area (Å²) in [5, 5.41) is 0. The first kappa shape index (κ1) is 10.2. The molecule has 1 aliphatic carbocycles. The molecule has 0 atom stereocenters. The Hall–Kier alpha value is -1.32. The van der Waals surface area contributed by atoms with Crippen molar-refractivity contribution < 1.29 is 18.0 Å². The number of hydrogen-bond acceptors (Lipinski definition) is 1. The Morgan fingerprint density at radius 1 is 1.20 bits per heavy atom. The number of alkyl halides is 2. The predicted octanol–water partition coefficient (Wildman–Crippen LogP) is 3.05. The Kier molecular flexibility index (Phi) is 2.29. The first-order chi connectivity index (χ1) is 7.01. The van der Waals surface area contributed by atoms with Gasteiger partial charge in [0, 0.05) is 11.5 Å². The van der Waals surface area contributed by atoms with Gasteiger partial charge in [-0.3, -0.25) is 4.79 Å². The van der Waals surface area contributed by atoms with Crippen molar-refractivity contribution >= 4 is 5.78 Å². The second-order valence-corrected chi connectivity index (χ2v) is 3.73. The Labute approximate surface area is 84.9 Å². The number of halogens is 3. The summed E-state index contributed by atoms with van der Waals surface area (Å²) in [4.78, 5) is 11.4. The zero-order valence-corrected chi connectivity index (χ0v) is 7.84.